The predicted octanol–water partition coefficient (Wildman–Crippen LogP) is -0.371. The standard InChI is InChI=1S/C18H25NO9/c1-18(2,3)17(25)26-7-8-4-5-10(9(19)6-8)27-16-13(22)11(20)12(21)14(28-16)15(23)24/h4-6,11-14,16,20-22H,7,19H2,1-3H3,(H,23,24)/t11-,12-,13+,14-,16-/m0/s1. The van der Waals surface area contributed by atoms with E-state index >= 15 is 0 Å². The Morgan fingerprint density at radius 3 is 2.32 bits per heavy atom. The zero-order valence-corrected chi connectivity index (χ0v) is 15.7. The van der Waals surface area contributed by atoms with Crippen molar-refractivity contribution in [2.75, 3.05) is 5.73 Å². The Hall–Kier alpha value is -2.40. The van der Waals surface area contributed by atoms with Crippen LogP contribution in [0.1, 0.15) is 26.3 Å². The number of rotatable bonds is 5. The van der Waals surface area contributed by atoms with Crippen molar-refractivity contribution in [3.63, 3.8) is 0 Å². The minimum atomic E-state index is -1.82. The van der Waals surface area contributed by atoms with Crippen LogP contribution in [0.5, 0.6) is 5.75 Å². The van der Waals surface area contributed by atoms with Crippen LogP contribution in [0, 0.1) is 5.41 Å². The average molecular weight is 399 g/mol. The van der Waals surface area contributed by atoms with Crippen molar-refractivity contribution in [2.45, 2.75) is 58.1 Å². The summed E-state index contributed by atoms with van der Waals surface area (Å²) < 4.78 is 15.6. The minimum Gasteiger partial charge on any atom is -0.479 e. The fourth-order valence-electron chi connectivity index (χ4n) is 2.43. The highest BCUT2D eigenvalue weighted by Crippen LogP contribution is 2.29. The molecule has 1 aliphatic heterocycles. The number of hydrogen-bond donors (Lipinski definition) is 5. The quantitative estimate of drug-likeness (QED) is 0.325. The number of nitrogen functional groups attached to an aromatic ring is 1. The number of carboxylic acid groups (broad SMARTS) is 1. The number of ether oxygens (including phenoxy) is 3. The fourth-order valence-corrected chi connectivity index (χ4v) is 2.43. The first-order valence-electron chi connectivity index (χ1n) is 8.56. The molecule has 1 heterocycles. The molecule has 5 atom stereocenters. The van der Waals surface area contributed by atoms with E-state index in [0.29, 0.717) is 5.56 Å². The van der Waals surface area contributed by atoms with Crippen LogP contribution in [0.4, 0.5) is 5.69 Å². The van der Waals surface area contributed by atoms with E-state index < -0.39 is 42.1 Å². The zero-order chi connectivity index (χ0) is 21.2. The molecule has 1 aromatic carbocycles. The lowest BCUT2D eigenvalue weighted by Gasteiger charge is -2.38. The Morgan fingerprint density at radius 2 is 1.79 bits per heavy atom. The molecule has 0 spiro atoms. The van der Waals surface area contributed by atoms with Crippen molar-refractivity contribution in [3.05, 3.63) is 23.8 Å². The van der Waals surface area contributed by atoms with Crippen molar-refractivity contribution in [2.24, 2.45) is 5.41 Å². The van der Waals surface area contributed by atoms with Crippen molar-refractivity contribution < 1.29 is 44.2 Å². The van der Waals surface area contributed by atoms with Crippen LogP contribution in [0.15, 0.2) is 18.2 Å². The molecule has 0 amide bonds. The molecule has 2 rings (SSSR count). The predicted molar refractivity (Wildman–Crippen MR) is 95.1 cm³/mol. The van der Waals surface area contributed by atoms with Crippen LogP contribution < -0.4 is 10.5 Å². The second-order valence-corrected chi connectivity index (χ2v) is 7.55. The summed E-state index contributed by atoms with van der Waals surface area (Å²) in [5.74, 6) is -1.84. The van der Waals surface area contributed by atoms with E-state index in [1.165, 1.54) is 12.1 Å². The summed E-state index contributed by atoms with van der Waals surface area (Å²) in [4.78, 5) is 22.9. The van der Waals surface area contributed by atoms with Crippen molar-refractivity contribution in [1.29, 1.82) is 0 Å². The molecule has 1 saturated heterocycles. The molecule has 0 saturated carbocycles. The molecule has 0 unspecified atom stereocenters. The number of aliphatic carboxylic acids is 1. The number of esters is 1. The number of aliphatic hydroxyl groups is 3. The number of aliphatic hydroxyl groups excluding tert-OH is 3. The van der Waals surface area contributed by atoms with Crippen LogP contribution >= 0.6 is 0 Å². The van der Waals surface area contributed by atoms with Gasteiger partial charge in [-0.25, -0.2) is 4.79 Å². The van der Waals surface area contributed by atoms with E-state index in [9.17, 15) is 24.9 Å². The zero-order valence-electron chi connectivity index (χ0n) is 15.7. The van der Waals surface area contributed by atoms with E-state index in [1.54, 1.807) is 26.8 Å². The first-order chi connectivity index (χ1) is 12.9. The number of nitrogens with two attached hydrogens (primary N) is 1. The normalized spacial score (nSPS) is 27.9. The maximum atomic E-state index is 11.8. The van der Waals surface area contributed by atoms with Gasteiger partial charge in [0, 0.05) is 0 Å². The number of hydrogen-bond acceptors (Lipinski definition) is 9. The third kappa shape index (κ3) is 4.90. The van der Waals surface area contributed by atoms with Crippen LogP contribution in [-0.2, 0) is 25.7 Å². The third-order valence-electron chi connectivity index (χ3n) is 4.11. The van der Waals surface area contributed by atoms with Gasteiger partial charge < -0.3 is 40.4 Å². The van der Waals surface area contributed by atoms with Crippen LogP contribution in [0.25, 0.3) is 0 Å². The van der Waals surface area contributed by atoms with Gasteiger partial charge in [0.15, 0.2) is 6.10 Å². The number of carboxylic acids is 1. The van der Waals surface area contributed by atoms with Crippen molar-refractivity contribution in [1.82, 2.24) is 0 Å². The summed E-state index contributed by atoms with van der Waals surface area (Å²) in [6.45, 7) is 5.18. The summed E-state index contributed by atoms with van der Waals surface area (Å²) in [6.07, 6.45) is -8.63. The van der Waals surface area contributed by atoms with Gasteiger partial charge in [-0.05, 0) is 38.5 Å². The topological polar surface area (TPSA) is 169 Å². The van der Waals surface area contributed by atoms with E-state index in [-0.39, 0.29) is 24.0 Å². The van der Waals surface area contributed by atoms with Gasteiger partial charge in [-0.1, -0.05) is 6.07 Å². The van der Waals surface area contributed by atoms with Gasteiger partial charge in [0.1, 0.15) is 30.7 Å². The Balaban J connectivity index is 2.08. The highest BCUT2D eigenvalue weighted by Gasteiger charge is 2.48. The van der Waals surface area contributed by atoms with E-state index in [4.69, 9.17) is 25.1 Å². The summed E-state index contributed by atoms with van der Waals surface area (Å²) in [6, 6.07) is 4.48. The SMILES string of the molecule is CC(C)(C)C(=O)OCc1ccc(O[C@H]2O[C@H](C(=O)O)[C@@H](O)[C@H](O)[C@H]2O)c(N)c1. The molecular weight excluding hydrogens is 374 g/mol. The lowest BCUT2D eigenvalue weighted by molar-refractivity contribution is -0.271. The first kappa shape index (κ1) is 21.9. The Bertz CT molecular complexity index is 730. The van der Waals surface area contributed by atoms with Crippen LogP contribution in [-0.4, -0.2) is 63.1 Å². The molecule has 6 N–H and O–H groups in total. The second kappa shape index (κ2) is 8.31. The first-order valence-corrected chi connectivity index (χ1v) is 8.56. The van der Waals surface area contributed by atoms with Crippen LogP contribution in [0.2, 0.25) is 0 Å². The van der Waals surface area contributed by atoms with E-state index in [2.05, 4.69) is 0 Å². The second-order valence-electron chi connectivity index (χ2n) is 7.55. The van der Waals surface area contributed by atoms with Gasteiger partial charge >= 0.3 is 11.9 Å². The smallest absolute Gasteiger partial charge is 0.335 e. The van der Waals surface area contributed by atoms with E-state index in [1.807, 2.05) is 0 Å². The molecular formula is C18H25NO9. The molecule has 10 nitrogen and oxygen atoms in total. The molecule has 28 heavy (non-hydrogen) atoms. The van der Waals surface area contributed by atoms with Crippen molar-refractivity contribution in [3.8, 4) is 5.75 Å². The van der Waals surface area contributed by atoms with Crippen molar-refractivity contribution >= 4 is 17.6 Å². The highest BCUT2D eigenvalue weighted by atomic mass is 16.7. The van der Waals surface area contributed by atoms with Gasteiger partial charge in [0.05, 0.1) is 11.1 Å². The Kier molecular flexibility index (Phi) is 6.50. The number of carbonyl (C=O) groups excluding carboxylic acids is 1. The number of benzene rings is 1. The number of anilines is 1. The minimum absolute atomic E-state index is 0.00483. The van der Waals surface area contributed by atoms with Gasteiger partial charge in [-0.2, -0.15) is 0 Å². The lowest BCUT2D eigenvalue weighted by Crippen LogP contribution is -2.61. The summed E-state index contributed by atoms with van der Waals surface area (Å²) in [7, 11) is 0. The molecule has 0 aliphatic carbocycles. The summed E-state index contributed by atoms with van der Waals surface area (Å²) in [5.41, 5.74) is 5.97. The summed E-state index contributed by atoms with van der Waals surface area (Å²) in [5, 5.41) is 38.5. The molecule has 0 bridgehead atoms. The maximum absolute atomic E-state index is 11.8. The molecule has 0 radical (unpaired) electrons. The monoisotopic (exact) mass is 399 g/mol. The van der Waals surface area contributed by atoms with Gasteiger partial charge in [0.2, 0.25) is 6.29 Å². The maximum Gasteiger partial charge on any atom is 0.335 e. The molecule has 10 heteroatoms. The van der Waals surface area contributed by atoms with E-state index in [0.717, 1.165) is 0 Å². The largest absolute Gasteiger partial charge is 0.479 e. The Labute approximate surface area is 161 Å². The highest BCUT2D eigenvalue weighted by molar-refractivity contribution is 5.75. The molecule has 1 aromatic rings. The number of carbonyl (C=O) groups is 2. The summed E-state index contributed by atoms with van der Waals surface area (Å²) >= 11 is 0. The fraction of sp³-hybridized carbons (Fsp3) is 0.556. The molecule has 0 aromatic heterocycles. The third-order valence-corrected chi connectivity index (χ3v) is 4.11. The van der Waals surface area contributed by atoms with Gasteiger partial charge in [-0.15, -0.1) is 0 Å². The van der Waals surface area contributed by atoms with Gasteiger partial charge in [0.25, 0.3) is 0 Å². The molecule has 156 valence electrons. The Morgan fingerprint density at radius 1 is 1.14 bits per heavy atom. The van der Waals surface area contributed by atoms with Gasteiger partial charge in [-0.3, -0.25) is 4.79 Å². The molecule has 1 fully saturated rings. The molecule has 1 aliphatic rings. The average Bonchev–Trinajstić information content (AvgIpc) is 2.60. The lowest BCUT2D eigenvalue weighted by atomic mass is 9.97. The van der Waals surface area contributed by atoms with Crippen LogP contribution in [0.3, 0.4) is 0 Å².